The average molecular weight is 536 g/mol. The maximum atomic E-state index is 11.8. The second-order valence-electron chi connectivity index (χ2n) is 9.70. The highest BCUT2D eigenvalue weighted by atomic mass is 35.5. The number of hydrogen-bond donors (Lipinski definition) is 3. The van der Waals surface area contributed by atoms with Crippen LogP contribution in [0.2, 0.25) is 5.02 Å². The van der Waals surface area contributed by atoms with Crippen molar-refractivity contribution in [2.45, 2.75) is 25.3 Å². The van der Waals surface area contributed by atoms with Gasteiger partial charge < -0.3 is 25.4 Å². The molecule has 3 fully saturated rings. The first kappa shape index (κ1) is 24.7. The molecule has 3 aliphatic rings. The summed E-state index contributed by atoms with van der Waals surface area (Å²) in [5.74, 6) is 2.01. The van der Waals surface area contributed by atoms with Crippen LogP contribution in [0, 0.1) is 0 Å². The Labute approximate surface area is 225 Å². The van der Waals surface area contributed by atoms with E-state index in [0.717, 1.165) is 62.6 Å². The van der Waals surface area contributed by atoms with Gasteiger partial charge in [-0.25, -0.2) is 4.98 Å². The molecule has 3 aromatic rings. The molecule has 198 valence electrons. The molecule has 3 N–H and O–H groups in total. The number of aromatic nitrogens is 3. The standard InChI is InChI=1S/C27H30ClN7O3/c1-17-18(14-25(36)30-17)13-19-16-29-35-24(31-20-5-6-20)15-23(33-27(19)35)32-21-3-2-4-22(26(21)28)38-12-9-34-7-10-37-11-8-34/h2-4,13,15-16,20,31H,1,5-12,14H2,(H,30,36)(H,32,33)/b18-13+. The fourth-order valence-corrected chi connectivity index (χ4v) is 4.78. The highest BCUT2D eigenvalue weighted by molar-refractivity contribution is 6.34. The third-order valence-corrected chi connectivity index (χ3v) is 7.17. The van der Waals surface area contributed by atoms with E-state index in [1.54, 1.807) is 10.7 Å². The summed E-state index contributed by atoms with van der Waals surface area (Å²) in [5, 5.41) is 14.7. The van der Waals surface area contributed by atoms with Gasteiger partial charge in [-0.2, -0.15) is 9.61 Å². The summed E-state index contributed by atoms with van der Waals surface area (Å²) in [6.07, 6.45) is 6.19. The van der Waals surface area contributed by atoms with Gasteiger partial charge in [0.1, 0.15) is 29.0 Å². The van der Waals surface area contributed by atoms with Gasteiger partial charge in [0.2, 0.25) is 5.91 Å². The minimum Gasteiger partial charge on any atom is -0.491 e. The van der Waals surface area contributed by atoms with Crippen LogP contribution >= 0.6 is 11.6 Å². The van der Waals surface area contributed by atoms with Crippen molar-refractivity contribution < 1.29 is 14.3 Å². The number of carbonyl (C=O) groups excluding carboxylic acids is 1. The number of ether oxygens (including phenoxy) is 2. The van der Waals surface area contributed by atoms with Crippen molar-refractivity contribution in [3.8, 4) is 5.75 Å². The molecule has 0 radical (unpaired) electrons. The SMILES string of the molecule is C=C1NC(=O)C/C1=C\c1cnn2c(NC3CC3)cc(Nc3cccc(OCCN4CCOCC4)c3Cl)nc12. The van der Waals surface area contributed by atoms with Crippen LogP contribution in [0.1, 0.15) is 24.8 Å². The quantitative estimate of drug-likeness (QED) is 0.380. The minimum atomic E-state index is -0.0641. The number of benzene rings is 1. The first-order chi connectivity index (χ1) is 18.5. The second-order valence-corrected chi connectivity index (χ2v) is 10.1. The van der Waals surface area contributed by atoms with Crippen LogP contribution in [0.5, 0.6) is 5.75 Å². The molecule has 0 atom stereocenters. The number of halogens is 1. The maximum absolute atomic E-state index is 11.8. The van der Waals surface area contributed by atoms with Gasteiger partial charge in [-0.05, 0) is 36.6 Å². The Balaban J connectivity index is 1.25. The Hall–Kier alpha value is -3.60. The molecule has 2 aromatic heterocycles. The molecular formula is C27H30ClN7O3. The summed E-state index contributed by atoms with van der Waals surface area (Å²) in [7, 11) is 0. The van der Waals surface area contributed by atoms with E-state index < -0.39 is 0 Å². The number of nitrogens with zero attached hydrogens (tertiary/aromatic N) is 4. The molecule has 0 bridgehead atoms. The lowest BCUT2D eigenvalue weighted by molar-refractivity contribution is -0.118. The molecule has 0 unspecified atom stereocenters. The van der Waals surface area contributed by atoms with Crippen LogP contribution in [0.4, 0.5) is 17.3 Å². The topological polar surface area (TPSA) is 105 Å². The van der Waals surface area contributed by atoms with Crippen LogP contribution < -0.4 is 20.7 Å². The summed E-state index contributed by atoms with van der Waals surface area (Å²) in [6, 6.07) is 8.02. The van der Waals surface area contributed by atoms with Crippen LogP contribution in [0.3, 0.4) is 0 Å². The Kier molecular flexibility index (Phi) is 6.92. The van der Waals surface area contributed by atoms with E-state index in [-0.39, 0.29) is 12.3 Å². The van der Waals surface area contributed by atoms with Gasteiger partial charge in [0.25, 0.3) is 0 Å². The Morgan fingerprint density at radius 3 is 2.89 bits per heavy atom. The van der Waals surface area contributed by atoms with Gasteiger partial charge in [-0.3, -0.25) is 9.69 Å². The summed E-state index contributed by atoms with van der Waals surface area (Å²) in [4.78, 5) is 19.0. The molecule has 1 aliphatic carbocycles. The molecular weight excluding hydrogens is 506 g/mol. The number of hydrogen-bond acceptors (Lipinski definition) is 8. The Morgan fingerprint density at radius 1 is 1.29 bits per heavy atom. The number of allylic oxidation sites excluding steroid dienone is 1. The average Bonchev–Trinajstić information content (AvgIpc) is 3.55. The number of fused-ring (bicyclic) bond motifs is 1. The molecule has 10 nitrogen and oxygen atoms in total. The minimum absolute atomic E-state index is 0.0641. The number of carbonyl (C=O) groups is 1. The number of amides is 1. The van der Waals surface area contributed by atoms with Crippen LogP contribution in [-0.2, 0) is 9.53 Å². The van der Waals surface area contributed by atoms with E-state index in [0.29, 0.717) is 46.3 Å². The van der Waals surface area contributed by atoms with E-state index in [9.17, 15) is 4.79 Å². The third kappa shape index (κ3) is 5.47. The van der Waals surface area contributed by atoms with E-state index in [1.807, 2.05) is 30.3 Å². The first-order valence-electron chi connectivity index (χ1n) is 12.9. The van der Waals surface area contributed by atoms with Gasteiger partial charge in [0.05, 0.1) is 31.5 Å². The van der Waals surface area contributed by atoms with Crippen molar-refractivity contribution >= 4 is 46.6 Å². The normalized spacial score (nSPS) is 19.2. The van der Waals surface area contributed by atoms with Crippen molar-refractivity contribution in [1.29, 1.82) is 0 Å². The second kappa shape index (κ2) is 10.6. The van der Waals surface area contributed by atoms with Crippen molar-refractivity contribution in [2.24, 2.45) is 0 Å². The highest BCUT2D eigenvalue weighted by Crippen LogP contribution is 2.35. The van der Waals surface area contributed by atoms with E-state index in [4.69, 9.17) is 26.1 Å². The molecule has 2 aliphatic heterocycles. The molecule has 2 saturated heterocycles. The van der Waals surface area contributed by atoms with Crippen LogP contribution in [-0.4, -0.2) is 70.9 Å². The lowest BCUT2D eigenvalue weighted by atomic mass is 10.1. The van der Waals surface area contributed by atoms with Crippen LogP contribution in [0.25, 0.3) is 11.7 Å². The van der Waals surface area contributed by atoms with Gasteiger partial charge in [-0.1, -0.05) is 24.2 Å². The summed E-state index contributed by atoms with van der Waals surface area (Å²) < 4.78 is 13.2. The van der Waals surface area contributed by atoms with Crippen molar-refractivity contribution in [3.63, 3.8) is 0 Å². The Bertz CT molecular complexity index is 1410. The number of anilines is 3. The molecule has 4 heterocycles. The largest absolute Gasteiger partial charge is 0.491 e. The zero-order valence-corrected chi connectivity index (χ0v) is 21.8. The first-order valence-corrected chi connectivity index (χ1v) is 13.2. The lowest BCUT2D eigenvalue weighted by Crippen LogP contribution is -2.38. The number of rotatable bonds is 9. The van der Waals surface area contributed by atoms with Gasteiger partial charge in [0, 0.05) is 43.0 Å². The third-order valence-electron chi connectivity index (χ3n) is 6.78. The Morgan fingerprint density at radius 2 is 2.13 bits per heavy atom. The molecule has 0 spiro atoms. The molecule has 11 heteroatoms. The zero-order valence-electron chi connectivity index (χ0n) is 21.0. The predicted octanol–water partition coefficient (Wildman–Crippen LogP) is 3.83. The molecule has 1 aromatic carbocycles. The van der Waals surface area contributed by atoms with Gasteiger partial charge >= 0.3 is 0 Å². The van der Waals surface area contributed by atoms with E-state index in [1.165, 1.54) is 0 Å². The van der Waals surface area contributed by atoms with Gasteiger partial charge in [0.15, 0.2) is 5.65 Å². The van der Waals surface area contributed by atoms with E-state index in [2.05, 4.69) is 32.5 Å². The number of morpholine rings is 1. The maximum Gasteiger partial charge on any atom is 0.228 e. The molecule has 38 heavy (non-hydrogen) atoms. The summed E-state index contributed by atoms with van der Waals surface area (Å²) in [6.45, 7) is 8.65. The summed E-state index contributed by atoms with van der Waals surface area (Å²) >= 11 is 6.75. The van der Waals surface area contributed by atoms with Crippen molar-refractivity contribution in [1.82, 2.24) is 24.8 Å². The lowest BCUT2D eigenvalue weighted by Gasteiger charge is -2.26. The van der Waals surface area contributed by atoms with E-state index >= 15 is 0 Å². The van der Waals surface area contributed by atoms with Crippen molar-refractivity contribution in [2.75, 3.05) is 50.1 Å². The van der Waals surface area contributed by atoms with Gasteiger partial charge in [-0.15, -0.1) is 0 Å². The molecule has 1 amide bonds. The fraction of sp³-hybridized carbons (Fsp3) is 0.370. The summed E-state index contributed by atoms with van der Waals surface area (Å²) in [5.41, 5.74) is 3.59. The highest BCUT2D eigenvalue weighted by Gasteiger charge is 2.24. The monoisotopic (exact) mass is 535 g/mol. The van der Waals surface area contributed by atoms with Crippen molar-refractivity contribution in [3.05, 3.63) is 58.9 Å². The molecule has 6 rings (SSSR count). The van der Waals surface area contributed by atoms with Crippen LogP contribution in [0.15, 0.2) is 48.3 Å². The molecule has 1 saturated carbocycles. The smallest absolute Gasteiger partial charge is 0.228 e. The predicted molar refractivity (Wildman–Crippen MR) is 147 cm³/mol. The fourth-order valence-electron chi connectivity index (χ4n) is 4.55. The zero-order chi connectivity index (χ0) is 26.1. The number of nitrogens with one attached hydrogen (secondary N) is 3.